The standard InChI is InChI=1S/C12H29NOSi.C9H8O3S2/c1-8-9-13-10-11(2)14-15(6,7)12(3,4)5;1-6-7-4-2-3-5-8(7)13-9(6)14(10,11)12/h11,13H,8-10H2,1-7H3;2-5H,1H3,(H,10,11,12). The van der Waals surface area contributed by atoms with E-state index >= 15 is 0 Å². The van der Waals surface area contributed by atoms with Gasteiger partial charge < -0.3 is 9.74 Å². The average Bonchev–Trinajstić information content (AvgIpc) is 2.92. The van der Waals surface area contributed by atoms with Gasteiger partial charge in [0.1, 0.15) is 0 Å². The topological polar surface area (TPSA) is 75.6 Å². The molecule has 2 N–H and O–H groups in total. The lowest BCUT2D eigenvalue weighted by molar-refractivity contribution is 0.195. The van der Waals surface area contributed by atoms with Crippen LogP contribution in [-0.4, -0.2) is 40.5 Å². The zero-order valence-electron chi connectivity index (χ0n) is 19.0. The highest BCUT2D eigenvalue weighted by molar-refractivity contribution is 7.88. The summed E-state index contributed by atoms with van der Waals surface area (Å²) in [6, 6.07) is 7.36. The van der Waals surface area contributed by atoms with Crippen molar-refractivity contribution >= 4 is 39.9 Å². The van der Waals surface area contributed by atoms with Gasteiger partial charge >= 0.3 is 10.1 Å². The minimum absolute atomic E-state index is 0.0405. The molecule has 0 spiro atoms. The van der Waals surface area contributed by atoms with Crippen LogP contribution < -0.4 is 5.32 Å². The van der Waals surface area contributed by atoms with Crippen LogP contribution in [0.3, 0.4) is 0 Å². The van der Waals surface area contributed by atoms with Crippen LogP contribution >= 0.6 is 11.3 Å². The highest BCUT2D eigenvalue weighted by Gasteiger charge is 2.38. The molecule has 1 atom stereocenters. The Hall–Kier alpha value is -0.773. The van der Waals surface area contributed by atoms with Gasteiger partial charge in [0, 0.05) is 11.2 Å². The molecule has 1 aromatic carbocycles. The lowest BCUT2D eigenvalue weighted by Gasteiger charge is -2.38. The van der Waals surface area contributed by atoms with E-state index in [4.69, 9.17) is 8.98 Å². The molecule has 0 aliphatic heterocycles. The number of aryl methyl sites for hydroxylation is 1. The molecule has 0 saturated carbocycles. The molecule has 1 unspecified atom stereocenters. The quantitative estimate of drug-likeness (QED) is 0.308. The number of benzene rings is 1. The Morgan fingerprint density at radius 1 is 1.24 bits per heavy atom. The molecule has 0 saturated heterocycles. The summed E-state index contributed by atoms with van der Waals surface area (Å²) in [6.45, 7) is 19.6. The summed E-state index contributed by atoms with van der Waals surface area (Å²) in [5.41, 5.74) is 0.619. The van der Waals surface area contributed by atoms with Crippen LogP contribution in [0.5, 0.6) is 0 Å². The number of nitrogens with one attached hydrogen (secondary N) is 1. The third-order valence-electron chi connectivity index (χ3n) is 5.19. The van der Waals surface area contributed by atoms with E-state index in [1.54, 1.807) is 6.92 Å². The van der Waals surface area contributed by atoms with E-state index in [9.17, 15) is 8.42 Å². The fourth-order valence-electron chi connectivity index (χ4n) is 2.60. The first kappa shape index (κ1) is 26.3. The molecule has 1 aromatic heterocycles. The molecule has 166 valence electrons. The van der Waals surface area contributed by atoms with Crippen molar-refractivity contribution in [3.8, 4) is 0 Å². The molecule has 0 amide bonds. The van der Waals surface area contributed by atoms with Gasteiger partial charge in [0.15, 0.2) is 12.5 Å². The first-order chi connectivity index (χ1) is 13.2. The molecule has 0 aliphatic carbocycles. The molecular weight excluding hydrogens is 422 g/mol. The highest BCUT2D eigenvalue weighted by atomic mass is 32.3. The first-order valence-corrected chi connectivity index (χ1v) is 15.2. The molecule has 2 aromatic rings. The number of fused-ring (bicyclic) bond motifs is 1. The monoisotopic (exact) mass is 459 g/mol. The molecule has 8 heteroatoms. The lowest BCUT2D eigenvalue weighted by Crippen LogP contribution is -2.45. The van der Waals surface area contributed by atoms with Gasteiger partial charge in [0.25, 0.3) is 0 Å². The minimum atomic E-state index is -4.08. The summed E-state index contributed by atoms with van der Waals surface area (Å²) >= 11 is 1.09. The van der Waals surface area contributed by atoms with E-state index in [2.05, 4.69) is 53.0 Å². The molecular formula is C21H37NO4S2Si. The zero-order valence-corrected chi connectivity index (χ0v) is 21.6. The van der Waals surface area contributed by atoms with E-state index in [1.165, 1.54) is 6.42 Å². The molecule has 2 rings (SSSR count). The van der Waals surface area contributed by atoms with Gasteiger partial charge in [0.2, 0.25) is 0 Å². The largest absolute Gasteiger partial charge is 0.413 e. The summed E-state index contributed by atoms with van der Waals surface area (Å²) in [4.78, 5) is 0. The molecule has 5 nitrogen and oxygen atoms in total. The van der Waals surface area contributed by atoms with E-state index in [-0.39, 0.29) is 4.21 Å². The van der Waals surface area contributed by atoms with Crippen LogP contribution in [0.2, 0.25) is 18.1 Å². The normalized spacial score (nSPS) is 13.8. The van der Waals surface area contributed by atoms with Crippen LogP contribution in [0.25, 0.3) is 10.1 Å². The Bertz CT molecular complexity index is 886. The van der Waals surface area contributed by atoms with Gasteiger partial charge in [-0.1, -0.05) is 45.9 Å². The maximum absolute atomic E-state index is 11.0. The van der Waals surface area contributed by atoms with Crippen molar-refractivity contribution in [1.29, 1.82) is 0 Å². The molecule has 0 aliphatic rings. The summed E-state index contributed by atoms with van der Waals surface area (Å²) in [5.74, 6) is 0. The number of rotatable bonds is 7. The Morgan fingerprint density at radius 2 is 1.83 bits per heavy atom. The molecule has 29 heavy (non-hydrogen) atoms. The predicted molar refractivity (Wildman–Crippen MR) is 127 cm³/mol. The van der Waals surface area contributed by atoms with Crippen LogP contribution in [-0.2, 0) is 14.5 Å². The number of thiophene rings is 1. The van der Waals surface area contributed by atoms with Crippen molar-refractivity contribution in [2.24, 2.45) is 0 Å². The van der Waals surface area contributed by atoms with Gasteiger partial charge in [-0.15, -0.1) is 11.3 Å². The molecule has 1 heterocycles. The first-order valence-electron chi connectivity index (χ1n) is 10.0. The van der Waals surface area contributed by atoms with Gasteiger partial charge in [-0.2, -0.15) is 8.42 Å². The highest BCUT2D eigenvalue weighted by Crippen LogP contribution is 2.37. The Morgan fingerprint density at radius 3 is 2.31 bits per heavy atom. The van der Waals surface area contributed by atoms with Crippen molar-refractivity contribution in [2.75, 3.05) is 13.1 Å². The van der Waals surface area contributed by atoms with Crippen molar-refractivity contribution < 1.29 is 17.4 Å². The zero-order chi connectivity index (χ0) is 22.5. The molecule has 0 radical (unpaired) electrons. The number of hydrogen-bond donors (Lipinski definition) is 2. The Kier molecular flexibility index (Phi) is 9.51. The Balaban J connectivity index is 0.000000290. The summed E-state index contributed by atoms with van der Waals surface area (Å²) in [7, 11) is -5.64. The molecule has 0 bridgehead atoms. The lowest BCUT2D eigenvalue weighted by atomic mass is 10.2. The maximum atomic E-state index is 11.0. The van der Waals surface area contributed by atoms with Gasteiger partial charge in [-0.25, -0.2) is 0 Å². The predicted octanol–water partition coefficient (Wildman–Crippen LogP) is 5.85. The van der Waals surface area contributed by atoms with Gasteiger partial charge in [-0.3, -0.25) is 4.55 Å². The Labute approximate surface area is 181 Å². The summed E-state index contributed by atoms with van der Waals surface area (Å²) in [6.07, 6.45) is 1.52. The van der Waals surface area contributed by atoms with Crippen LogP contribution in [0, 0.1) is 6.92 Å². The smallest absolute Gasteiger partial charge is 0.304 e. The summed E-state index contributed by atoms with van der Waals surface area (Å²) < 4.78 is 38.1. The van der Waals surface area contributed by atoms with Crippen LogP contribution in [0.15, 0.2) is 28.5 Å². The van der Waals surface area contributed by atoms with E-state index in [0.29, 0.717) is 16.7 Å². The third kappa shape index (κ3) is 7.77. The number of hydrogen-bond acceptors (Lipinski definition) is 5. The fraction of sp³-hybridized carbons (Fsp3) is 0.619. The SMILES string of the molecule is CCCNCC(C)O[Si](C)(C)C(C)(C)C.Cc1c(S(=O)(=O)O)sc2ccccc12. The van der Waals surface area contributed by atoms with Crippen molar-refractivity contribution in [3.63, 3.8) is 0 Å². The second kappa shape index (κ2) is 10.5. The van der Waals surface area contributed by atoms with Gasteiger partial charge in [-0.05, 0) is 62.0 Å². The van der Waals surface area contributed by atoms with E-state index in [0.717, 1.165) is 34.5 Å². The maximum Gasteiger partial charge on any atom is 0.304 e. The van der Waals surface area contributed by atoms with Crippen molar-refractivity contribution in [3.05, 3.63) is 29.8 Å². The molecule has 0 fully saturated rings. The second-order valence-electron chi connectivity index (χ2n) is 8.88. The minimum Gasteiger partial charge on any atom is -0.413 e. The van der Waals surface area contributed by atoms with Gasteiger partial charge in [0.05, 0.1) is 6.10 Å². The average molecular weight is 460 g/mol. The van der Waals surface area contributed by atoms with Crippen molar-refractivity contribution in [1.82, 2.24) is 5.32 Å². The summed E-state index contributed by atoms with van der Waals surface area (Å²) in [5, 5.41) is 4.60. The van der Waals surface area contributed by atoms with Crippen molar-refractivity contribution in [2.45, 2.75) is 76.4 Å². The van der Waals surface area contributed by atoms with E-state index in [1.807, 2.05) is 24.3 Å². The third-order valence-corrected chi connectivity index (χ3v) is 12.5. The van der Waals surface area contributed by atoms with Crippen LogP contribution in [0.4, 0.5) is 0 Å². The second-order valence-corrected chi connectivity index (χ2v) is 16.3. The fourth-order valence-corrected chi connectivity index (χ4v) is 6.17. The van der Waals surface area contributed by atoms with Crippen LogP contribution in [0.1, 0.15) is 46.6 Å². The van der Waals surface area contributed by atoms with E-state index < -0.39 is 18.4 Å².